The summed E-state index contributed by atoms with van der Waals surface area (Å²) in [7, 11) is 0. The van der Waals surface area contributed by atoms with Gasteiger partial charge in [-0.05, 0) is 101 Å². The van der Waals surface area contributed by atoms with E-state index in [1.807, 2.05) is 6.07 Å². The van der Waals surface area contributed by atoms with Gasteiger partial charge >= 0.3 is 0 Å². The minimum Gasteiger partial charge on any atom is -0.455 e. The average Bonchev–Trinajstić information content (AvgIpc) is 3.60. The Morgan fingerprint density at radius 2 is 1.24 bits per heavy atom. The number of fused-ring (bicyclic) bond motifs is 5. The predicted molar refractivity (Wildman–Crippen MR) is 227 cm³/mol. The largest absolute Gasteiger partial charge is 0.455 e. The lowest BCUT2D eigenvalue weighted by Crippen LogP contribution is -2.11. The van der Waals surface area contributed by atoms with Crippen molar-refractivity contribution < 1.29 is 4.42 Å². The highest BCUT2D eigenvalue weighted by Crippen LogP contribution is 2.44. The molecule has 8 aromatic carbocycles. The molecule has 1 aliphatic carbocycles. The Balaban J connectivity index is 1.03. The number of aryl methyl sites for hydroxylation is 2. The molecule has 0 fully saturated rings. The SMILES string of the molecule is Cc1cccc(N(c2cccc(C)c2)c2ccc(C3C=CC(c4cccc5c4oc4c(-c6cccc7ccccc67)cccc45)=CC3)c3c#cccc23)c1. The van der Waals surface area contributed by atoms with Gasteiger partial charge in [-0.2, -0.15) is 0 Å². The van der Waals surface area contributed by atoms with Crippen LogP contribution in [0.25, 0.3) is 60.2 Å². The summed E-state index contributed by atoms with van der Waals surface area (Å²) < 4.78 is 6.88. The first-order valence-electron chi connectivity index (χ1n) is 18.7. The summed E-state index contributed by atoms with van der Waals surface area (Å²) >= 11 is 0. The third-order valence-electron chi connectivity index (χ3n) is 11.0. The van der Waals surface area contributed by atoms with Gasteiger partial charge in [0.05, 0.1) is 5.69 Å². The summed E-state index contributed by atoms with van der Waals surface area (Å²) in [5.41, 5.74) is 13.6. The van der Waals surface area contributed by atoms with Crippen LogP contribution in [0.2, 0.25) is 0 Å². The fourth-order valence-electron chi connectivity index (χ4n) is 8.41. The maximum Gasteiger partial charge on any atom is 0.143 e. The monoisotopic (exact) mass is 691 g/mol. The summed E-state index contributed by atoms with van der Waals surface area (Å²) in [6.07, 6.45) is 7.88. The number of hydrogen-bond acceptors (Lipinski definition) is 2. The van der Waals surface area contributed by atoms with Crippen LogP contribution in [0.5, 0.6) is 0 Å². The van der Waals surface area contributed by atoms with Crippen molar-refractivity contribution in [3.63, 3.8) is 0 Å². The Morgan fingerprint density at radius 3 is 1.98 bits per heavy atom. The molecule has 1 heterocycles. The smallest absolute Gasteiger partial charge is 0.143 e. The Kier molecular flexibility index (Phi) is 7.67. The number of hydrogen-bond donors (Lipinski definition) is 0. The van der Waals surface area contributed by atoms with Gasteiger partial charge in [0, 0.05) is 50.0 Å². The summed E-state index contributed by atoms with van der Waals surface area (Å²) in [5, 5.41) is 6.99. The summed E-state index contributed by atoms with van der Waals surface area (Å²) in [6, 6.07) is 61.1. The van der Waals surface area contributed by atoms with Crippen LogP contribution in [-0.2, 0) is 0 Å². The Morgan fingerprint density at radius 1 is 0.593 bits per heavy atom. The van der Waals surface area contributed by atoms with Crippen molar-refractivity contribution in [1.82, 2.24) is 0 Å². The molecule has 0 aliphatic heterocycles. The quantitative estimate of drug-likeness (QED) is 0.173. The minimum absolute atomic E-state index is 0.205. The van der Waals surface area contributed by atoms with Gasteiger partial charge in [-0.1, -0.05) is 140 Å². The molecule has 256 valence electrons. The van der Waals surface area contributed by atoms with Crippen LogP contribution in [-0.4, -0.2) is 0 Å². The van der Waals surface area contributed by atoms with Gasteiger partial charge in [0.15, 0.2) is 0 Å². The van der Waals surface area contributed by atoms with E-state index in [0.717, 1.165) is 67.3 Å². The van der Waals surface area contributed by atoms with E-state index in [9.17, 15) is 0 Å². The molecule has 0 N–H and O–H groups in total. The van der Waals surface area contributed by atoms with E-state index in [2.05, 4.69) is 195 Å². The summed E-state index contributed by atoms with van der Waals surface area (Å²) in [4.78, 5) is 2.37. The Labute approximate surface area is 315 Å². The van der Waals surface area contributed by atoms with E-state index in [1.54, 1.807) is 0 Å². The standard InChI is InChI=1S/C52H37NO/c1-34-12-7-16-39(32-34)53(40-17-8-13-35(2)33-40)50-31-30-42(44-19-5-6-20-46(44)50)37-26-28-38(29-27-37)43-21-10-24-48-49-25-11-23-47(52(49)54-51(43)48)45-22-9-15-36-14-3-4-18-41(36)45/h3-4,6-18,20-26,28-33,37H,27H2,1-2H3. The zero-order valence-corrected chi connectivity index (χ0v) is 30.3. The molecule has 1 unspecified atom stereocenters. The van der Waals surface area contributed by atoms with Crippen LogP contribution in [0.4, 0.5) is 17.1 Å². The van der Waals surface area contributed by atoms with Crippen LogP contribution >= 0.6 is 0 Å². The molecule has 0 spiro atoms. The van der Waals surface area contributed by atoms with Crippen molar-refractivity contribution in [2.75, 3.05) is 4.90 Å². The number of allylic oxidation sites excluding steroid dienone is 4. The maximum absolute atomic E-state index is 6.88. The molecule has 2 heteroatoms. The zero-order valence-electron chi connectivity index (χ0n) is 30.3. The fraction of sp³-hybridized carbons (Fsp3) is 0.0769. The third kappa shape index (κ3) is 5.37. The van der Waals surface area contributed by atoms with Crippen molar-refractivity contribution in [2.45, 2.75) is 26.2 Å². The lowest BCUT2D eigenvalue weighted by Gasteiger charge is -2.28. The van der Waals surface area contributed by atoms with Crippen LogP contribution in [0.3, 0.4) is 0 Å². The summed E-state index contributed by atoms with van der Waals surface area (Å²) in [5.74, 6) is 0.205. The number of furan rings is 1. The normalized spacial score (nSPS) is 14.1. The van der Waals surface area contributed by atoms with Gasteiger partial charge < -0.3 is 9.32 Å². The van der Waals surface area contributed by atoms with Crippen LogP contribution in [0, 0.1) is 26.0 Å². The minimum atomic E-state index is 0.205. The fourth-order valence-corrected chi connectivity index (χ4v) is 8.41. The molecule has 9 aromatic rings. The van der Waals surface area contributed by atoms with E-state index in [-0.39, 0.29) is 5.92 Å². The van der Waals surface area contributed by atoms with E-state index in [0.29, 0.717) is 0 Å². The van der Waals surface area contributed by atoms with Crippen molar-refractivity contribution in [3.8, 4) is 11.1 Å². The lowest BCUT2D eigenvalue weighted by molar-refractivity contribution is 0.669. The number of benzene rings is 7. The summed E-state index contributed by atoms with van der Waals surface area (Å²) in [6.45, 7) is 4.30. The molecule has 0 bridgehead atoms. The van der Waals surface area contributed by atoms with Gasteiger partial charge in [-0.15, -0.1) is 0 Å². The van der Waals surface area contributed by atoms with Crippen LogP contribution in [0.1, 0.15) is 34.6 Å². The molecule has 0 saturated carbocycles. The van der Waals surface area contributed by atoms with Gasteiger partial charge in [-0.25, -0.2) is 0 Å². The van der Waals surface area contributed by atoms with Crippen molar-refractivity contribution in [1.29, 1.82) is 0 Å². The second kappa shape index (κ2) is 13.0. The first-order valence-corrected chi connectivity index (χ1v) is 18.7. The lowest BCUT2D eigenvalue weighted by atomic mass is 9.85. The van der Waals surface area contributed by atoms with Gasteiger partial charge in [-0.3, -0.25) is 0 Å². The van der Waals surface area contributed by atoms with E-state index >= 15 is 0 Å². The first kappa shape index (κ1) is 31.9. The highest BCUT2D eigenvalue weighted by atomic mass is 16.3. The molecular weight excluding hydrogens is 655 g/mol. The maximum atomic E-state index is 6.88. The molecule has 1 atom stereocenters. The van der Waals surface area contributed by atoms with Crippen LogP contribution < -0.4 is 4.90 Å². The second-order valence-corrected chi connectivity index (χ2v) is 14.4. The van der Waals surface area contributed by atoms with Crippen molar-refractivity contribution >= 4 is 66.1 Å². The Hall–Kier alpha value is -6.82. The topological polar surface area (TPSA) is 16.4 Å². The number of para-hydroxylation sites is 2. The number of rotatable bonds is 6. The number of anilines is 3. The van der Waals surface area contributed by atoms with Gasteiger partial charge in [0.25, 0.3) is 0 Å². The molecule has 0 radical (unpaired) electrons. The highest BCUT2D eigenvalue weighted by Gasteiger charge is 2.22. The highest BCUT2D eigenvalue weighted by molar-refractivity contribution is 6.14. The molecule has 0 amide bonds. The zero-order chi connectivity index (χ0) is 36.2. The molecule has 1 aromatic heterocycles. The molecule has 2 nitrogen and oxygen atoms in total. The first-order chi connectivity index (χ1) is 26.6. The van der Waals surface area contributed by atoms with Crippen molar-refractivity contribution in [2.24, 2.45) is 0 Å². The van der Waals surface area contributed by atoms with E-state index in [4.69, 9.17) is 4.42 Å². The molecule has 1 aliphatic rings. The van der Waals surface area contributed by atoms with Crippen molar-refractivity contribution in [3.05, 3.63) is 204 Å². The van der Waals surface area contributed by atoms with E-state index in [1.165, 1.54) is 38.6 Å². The average molecular weight is 692 g/mol. The molecule has 54 heavy (non-hydrogen) atoms. The third-order valence-corrected chi connectivity index (χ3v) is 11.0. The molecular formula is C52H37NO. The van der Waals surface area contributed by atoms with Gasteiger partial charge in [0.1, 0.15) is 11.2 Å². The van der Waals surface area contributed by atoms with Gasteiger partial charge in [0.2, 0.25) is 0 Å². The molecule has 0 saturated heterocycles. The second-order valence-electron chi connectivity index (χ2n) is 14.4. The predicted octanol–water partition coefficient (Wildman–Crippen LogP) is 14.4. The Bertz CT molecular complexity index is 2910. The molecule has 10 rings (SSSR count). The van der Waals surface area contributed by atoms with Crippen LogP contribution in [0.15, 0.2) is 174 Å². The number of nitrogens with zero attached hydrogens (tertiary/aromatic N) is 1. The van der Waals surface area contributed by atoms with E-state index < -0.39 is 0 Å².